The first kappa shape index (κ1) is 28.1. The van der Waals surface area contributed by atoms with Crippen molar-refractivity contribution in [1.29, 1.82) is 0 Å². The summed E-state index contributed by atoms with van der Waals surface area (Å²) >= 11 is 5.86. The maximum Gasteiger partial charge on any atom is 0.264 e. The van der Waals surface area contributed by atoms with E-state index in [-0.39, 0.29) is 11.3 Å². The normalized spacial score (nSPS) is 12.1. The SMILES string of the molecule is CCN(CC)C(=O)C(Cc1ccc(Oc2ccc(Cl)cn2)cc1)C(=O)NS(=O)(=O)c1ccc2ccccc2c1. The van der Waals surface area contributed by atoms with Gasteiger partial charge in [0.15, 0.2) is 0 Å². The molecule has 0 fully saturated rings. The van der Waals surface area contributed by atoms with E-state index in [0.717, 1.165) is 10.8 Å². The van der Waals surface area contributed by atoms with Crippen molar-refractivity contribution in [2.24, 2.45) is 5.92 Å². The number of aromatic nitrogens is 1. The molecule has 2 amide bonds. The minimum Gasteiger partial charge on any atom is -0.439 e. The second-order valence-corrected chi connectivity index (χ2v) is 10.9. The molecule has 3 aromatic carbocycles. The summed E-state index contributed by atoms with van der Waals surface area (Å²) in [5, 5.41) is 2.08. The molecule has 10 heteroatoms. The molecule has 1 N–H and O–H groups in total. The number of hydrogen-bond donors (Lipinski definition) is 1. The van der Waals surface area contributed by atoms with Gasteiger partial charge in [-0.1, -0.05) is 54.1 Å². The molecule has 8 nitrogen and oxygen atoms in total. The molecule has 0 radical (unpaired) electrons. The second-order valence-electron chi connectivity index (χ2n) is 8.81. The zero-order chi connectivity index (χ0) is 28.0. The van der Waals surface area contributed by atoms with E-state index < -0.39 is 27.8 Å². The van der Waals surface area contributed by atoms with Crippen LogP contribution in [0, 0.1) is 5.92 Å². The van der Waals surface area contributed by atoms with Crippen molar-refractivity contribution < 1.29 is 22.7 Å². The number of benzene rings is 3. The van der Waals surface area contributed by atoms with Crippen LogP contribution in [-0.2, 0) is 26.0 Å². The van der Waals surface area contributed by atoms with Gasteiger partial charge in [0.1, 0.15) is 11.7 Å². The molecule has 1 unspecified atom stereocenters. The van der Waals surface area contributed by atoms with E-state index in [4.69, 9.17) is 16.3 Å². The van der Waals surface area contributed by atoms with Crippen LogP contribution in [0.4, 0.5) is 0 Å². The molecular weight excluding hydrogens is 538 g/mol. The molecule has 4 rings (SSSR count). The average Bonchev–Trinajstić information content (AvgIpc) is 2.93. The summed E-state index contributed by atoms with van der Waals surface area (Å²) in [6.45, 7) is 4.38. The zero-order valence-electron chi connectivity index (χ0n) is 21.5. The number of amides is 2. The van der Waals surface area contributed by atoms with Crippen molar-refractivity contribution in [3.63, 3.8) is 0 Å². The number of sulfonamides is 1. The number of ether oxygens (including phenoxy) is 1. The van der Waals surface area contributed by atoms with E-state index >= 15 is 0 Å². The van der Waals surface area contributed by atoms with E-state index in [1.165, 1.54) is 23.2 Å². The maximum atomic E-state index is 13.3. The van der Waals surface area contributed by atoms with Gasteiger partial charge >= 0.3 is 0 Å². The molecule has 1 atom stereocenters. The topological polar surface area (TPSA) is 106 Å². The minimum absolute atomic E-state index is 0.00782. The Morgan fingerprint density at radius 3 is 2.28 bits per heavy atom. The molecular formula is C29H28ClN3O5S. The number of hydrogen-bond acceptors (Lipinski definition) is 6. The quantitative estimate of drug-likeness (QED) is 0.265. The Bertz CT molecular complexity index is 1570. The summed E-state index contributed by atoms with van der Waals surface area (Å²) in [6.07, 6.45) is 1.48. The fourth-order valence-electron chi connectivity index (χ4n) is 4.12. The van der Waals surface area contributed by atoms with E-state index in [9.17, 15) is 18.0 Å². The van der Waals surface area contributed by atoms with Gasteiger partial charge < -0.3 is 9.64 Å². The number of nitrogens with one attached hydrogen (secondary N) is 1. The highest BCUT2D eigenvalue weighted by Gasteiger charge is 2.33. The summed E-state index contributed by atoms with van der Waals surface area (Å²) in [4.78, 5) is 32.2. The van der Waals surface area contributed by atoms with Gasteiger partial charge in [0.25, 0.3) is 10.0 Å². The standard InChI is InChI=1S/C29H28ClN3O5S/c1-3-33(4-2)29(35)26(17-20-9-13-24(14-10-20)38-27-16-12-23(30)19-31-27)28(34)32-39(36,37)25-15-11-21-7-5-6-8-22(21)18-25/h5-16,18-19,26H,3-4,17H2,1-2H3,(H,32,34). The van der Waals surface area contributed by atoms with Gasteiger partial charge in [0.05, 0.1) is 9.92 Å². The van der Waals surface area contributed by atoms with Crippen molar-refractivity contribution in [2.75, 3.05) is 13.1 Å². The van der Waals surface area contributed by atoms with Gasteiger partial charge in [0.2, 0.25) is 17.7 Å². The molecule has 0 aliphatic rings. The Morgan fingerprint density at radius 1 is 0.949 bits per heavy atom. The van der Waals surface area contributed by atoms with Gasteiger partial charge in [-0.2, -0.15) is 0 Å². The third-order valence-electron chi connectivity index (χ3n) is 6.24. The van der Waals surface area contributed by atoms with E-state index in [1.54, 1.807) is 68.4 Å². The lowest BCUT2D eigenvalue weighted by atomic mass is 9.97. The molecule has 0 spiro atoms. The zero-order valence-corrected chi connectivity index (χ0v) is 23.1. The molecule has 0 bridgehead atoms. The van der Waals surface area contributed by atoms with E-state index in [0.29, 0.717) is 35.3 Å². The van der Waals surface area contributed by atoms with Crippen molar-refractivity contribution in [3.8, 4) is 11.6 Å². The molecule has 0 saturated heterocycles. The first-order valence-corrected chi connectivity index (χ1v) is 14.3. The Labute approximate surface area is 232 Å². The fourth-order valence-corrected chi connectivity index (χ4v) is 5.28. The van der Waals surface area contributed by atoms with Crippen LogP contribution < -0.4 is 9.46 Å². The number of pyridine rings is 1. The van der Waals surface area contributed by atoms with Crippen LogP contribution in [0.25, 0.3) is 10.8 Å². The van der Waals surface area contributed by atoms with E-state index in [1.807, 2.05) is 12.1 Å². The first-order valence-electron chi connectivity index (χ1n) is 12.4. The molecule has 1 aromatic heterocycles. The van der Waals surface area contributed by atoms with Gasteiger partial charge in [-0.15, -0.1) is 0 Å². The minimum atomic E-state index is -4.21. The molecule has 202 valence electrons. The van der Waals surface area contributed by atoms with Crippen LogP contribution in [0.15, 0.2) is 90.0 Å². The summed E-state index contributed by atoms with van der Waals surface area (Å²) < 4.78 is 34.1. The van der Waals surface area contributed by atoms with Crippen molar-refractivity contribution in [3.05, 3.63) is 95.6 Å². The summed E-state index contributed by atoms with van der Waals surface area (Å²) in [6, 6.07) is 22.0. The third-order valence-corrected chi connectivity index (χ3v) is 7.81. The molecule has 39 heavy (non-hydrogen) atoms. The van der Waals surface area contributed by atoms with Gasteiger partial charge in [0, 0.05) is 25.4 Å². The smallest absolute Gasteiger partial charge is 0.264 e. The number of fused-ring (bicyclic) bond motifs is 1. The predicted molar refractivity (Wildman–Crippen MR) is 150 cm³/mol. The predicted octanol–water partition coefficient (Wildman–Crippen LogP) is 5.21. The van der Waals surface area contributed by atoms with Gasteiger partial charge in [-0.3, -0.25) is 9.59 Å². The molecule has 0 saturated carbocycles. The maximum absolute atomic E-state index is 13.3. The molecule has 4 aromatic rings. The van der Waals surface area contributed by atoms with Crippen molar-refractivity contribution >= 4 is 44.2 Å². The Kier molecular flexibility index (Phi) is 8.83. The highest BCUT2D eigenvalue weighted by Crippen LogP contribution is 2.23. The lowest BCUT2D eigenvalue weighted by molar-refractivity contribution is -0.141. The van der Waals surface area contributed by atoms with Crippen LogP contribution in [0.3, 0.4) is 0 Å². The summed E-state index contributed by atoms with van der Waals surface area (Å²) in [7, 11) is -4.21. The highest BCUT2D eigenvalue weighted by atomic mass is 35.5. The number of nitrogens with zero attached hydrogens (tertiary/aromatic N) is 2. The van der Waals surface area contributed by atoms with Crippen molar-refractivity contribution in [2.45, 2.75) is 25.2 Å². The Hall–Kier alpha value is -3.95. The summed E-state index contributed by atoms with van der Waals surface area (Å²) in [5.41, 5.74) is 0.662. The molecule has 0 aliphatic carbocycles. The number of halogens is 1. The highest BCUT2D eigenvalue weighted by molar-refractivity contribution is 7.90. The van der Waals surface area contributed by atoms with Crippen molar-refractivity contribution in [1.82, 2.24) is 14.6 Å². The largest absolute Gasteiger partial charge is 0.439 e. The molecule has 0 aliphatic heterocycles. The number of carbonyl (C=O) groups is 2. The first-order chi connectivity index (χ1) is 18.7. The summed E-state index contributed by atoms with van der Waals surface area (Å²) in [5.74, 6) is -1.71. The molecule has 1 heterocycles. The number of rotatable bonds is 10. The third kappa shape index (κ3) is 6.93. The average molecular weight is 566 g/mol. The van der Waals surface area contributed by atoms with Gasteiger partial charge in [-0.25, -0.2) is 18.1 Å². The van der Waals surface area contributed by atoms with Crippen LogP contribution in [0.2, 0.25) is 5.02 Å². The lowest BCUT2D eigenvalue weighted by Crippen LogP contribution is -2.46. The van der Waals surface area contributed by atoms with Crippen LogP contribution >= 0.6 is 11.6 Å². The Balaban J connectivity index is 1.55. The van der Waals surface area contributed by atoms with Crippen LogP contribution in [0.1, 0.15) is 19.4 Å². The van der Waals surface area contributed by atoms with Crippen LogP contribution in [0.5, 0.6) is 11.6 Å². The lowest BCUT2D eigenvalue weighted by Gasteiger charge is -2.24. The van der Waals surface area contributed by atoms with Crippen LogP contribution in [-0.4, -0.2) is 43.2 Å². The van der Waals surface area contributed by atoms with E-state index in [2.05, 4.69) is 9.71 Å². The monoisotopic (exact) mass is 565 g/mol. The number of carbonyl (C=O) groups excluding carboxylic acids is 2. The second kappa shape index (κ2) is 12.3. The Morgan fingerprint density at radius 2 is 1.64 bits per heavy atom. The fraction of sp³-hybridized carbons (Fsp3) is 0.207. The van der Waals surface area contributed by atoms with Gasteiger partial charge in [-0.05, 0) is 66.9 Å².